The zero-order chi connectivity index (χ0) is 52.9. The number of ether oxygens (including phenoxy) is 1. The number of unbranched alkanes of at least 4 members (excludes halogenated alkanes) is 44. The van der Waals surface area contributed by atoms with Crippen LogP contribution >= 0.6 is 0 Å². The molecule has 0 aromatic rings. The summed E-state index contributed by atoms with van der Waals surface area (Å²) in [6.07, 6.45) is 78.9. The van der Waals surface area contributed by atoms with Crippen LogP contribution in [0.4, 0.5) is 0 Å². The highest BCUT2D eigenvalue weighted by Crippen LogP contribution is 2.17. The van der Waals surface area contributed by atoms with E-state index in [2.05, 4.69) is 55.6 Å². The van der Waals surface area contributed by atoms with Gasteiger partial charge in [-0.1, -0.05) is 294 Å². The number of nitrogens with one attached hydrogen (secondary N) is 1. The average Bonchev–Trinajstić information content (AvgIpc) is 3.39. The quantitative estimate of drug-likeness (QED) is 0.0320. The molecule has 0 fully saturated rings. The van der Waals surface area contributed by atoms with E-state index in [1.165, 1.54) is 270 Å². The molecule has 0 aliphatic rings. The number of amides is 1. The highest BCUT2D eigenvalue weighted by Gasteiger charge is 2.20. The molecule has 1 amide bonds. The Kier molecular flexibility index (Phi) is 61.0. The molecule has 0 heterocycles. The predicted octanol–water partition coefficient (Wildman–Crippen LogP) is 20.8. The van der Waals surface area contributed by atoms with Crippen molar-refractivity contribution >= 4 is 11.9 Å². The second kappa shape index (κ2) is 62.6. The Balaban J connectivity index is 3.39. The lowest BCUT2D eigenvalue weighted by Crippen LogP contribution is -2.45. The van der Waals surface area contributed by atoms with Crippen molar-refractivity contribution in [1.82, 2.24) is 5.32 Å². The van der Waals surface area contributed by atoms with Crippen LogP contribution in [0.5, 0.6) is 0 Å². The monoisotopic (exact) mass is 1030 g/mol. The van der Waals surface area contributed by atoms with E-state index in [1.54, 1.807) is 0 Å². The summed E-state index contributed by atoms with van der Waals surface area (Å²) in [4.78, 5) is 24.5. The van der Waals surface area contributed by atoms with E-state index in [9.17, 15) is 19.8 Å². The number of allylic oxidation sites excluding steroid dienone is 6. The average molecular weight is 1030 g/mol. The first-order valence-corrected chi connectivity index (χ1v) is 32.7. The fourth-order valence-corrected chi connectivity index (χ4v) is 10.1. The molecule has 6 heteroatoms. The highest BCUT2D eigenvalue weighted by molar-refractivity contribution is 5.76. The van der Waals surface area contributed by atoms with Gasteiger partial charge in [-0.15, -0.1) is 0 Å². The van der Waals surface area contributed by atoms with Crippen molar-refractivity contribution in [3.05, 3.63) is 36.5 Å². The molecule has 3 N–H and O–H groups in total. The lowest BCUT2D eigenvalue weighted by Gasteiger charge is -2.22. The number of hydrogen-bond acceptors (Lipinski definition) is 5. The number of aliphatic hydroxyl groups excluding tert-OH is 2. The van der Waals surface area contributed by atoms with Crippen molar-refractivity contribution < 1.29 is 24.5 Å². The molecule has 2 unspecified atom stereocenters. The fourth-order valence-electron chi connectivity index (χ4n) is 10.1. The van der Waals surface area contributed by atoms with E-state index in [-0.39, 0.29) is 18.5 Å². The van der Waals surface area contributed by atoms with Crippen LogP contribution in [0, 0.1) is 0 Å². The van der Waals surface area contributed by atoms with Gasteiger partial charge in [-0.2, -0.15) is 0 Å². The maximum atomic E-state index is 12.5. The molecule has 0 rings (SSSR count). The Hall–Kier alpha value is -1.92. The summed E-state index contributed by atoms with van der Waals surface area (Å²) in [7, 11) is 0. The molecule has 0 bridgehead atoms. The van der Waals surface area contributed by atoms with Crippen LogP contribution in [0.15, 0.2) is 36.5 Å². The van der Waals surface area contributed by atoms with Gasteiger partial charge in [0.05, 0.1) is 25.4 Å². The summed E-state index contributed by atoms with van der Waals surface area (Å²) in [6, 6.07) is -0.541. The topological polar surface area (TPSA) is 95.9 Å². The Labute approximate surface area is 455 Å². The van der Waals surface area contributed by atoms with E-state index in [0.29, 0.717) is 25.9 Å². The summed E-state index contributed by atoms with van der Waals surface area (Å²) in [5.74, 6) is -0.0314. The Morgan fingerprint density at radius 3 is 1.05 bits per heavy atom. The van der Waals surface area contributed by atoms with Gasteiger partial charge in [-0.05, 0) is 83.5 Å². The molecule has 2 atom stereocenters. The number of esters is 1. The van der Waals surface area contributed by atoms with Crippen LogP contribution in [-0.2, 0) is 14.3 Å². The van der Waals surface area contributed by atoms with Gasteiger partial charge >= 0.3 is 5.97 Å². The third-order valence-corrected chi connectivity index (χ3v) is 15.2. The molecular weight excluding hydrogens is 899 g/mol. The lowest BCUT2D eigenvalue weighted by atomic mass is 10.0. The Morgan fingerprint density at radius 2 is 0.685 bits per heavy atom. The van der Waals surface area contributed by atoms with Gasteiger partial charge in [-0.3, -0.25) is 9.59 Å². The van der Waals surface area contributed by atoms with Crippen molar-refractivity contribution in [2.24, 2.45) is 0 Å². The second-order valence-corrected chi connectivity index (χ2v) is 22.4. The Bertz CT molecular complexity index is 1180. The standard InChI is InChI=1S/C67H127NO5/c1-3-5-7-9-11-13-15-17-33-37-41-45-49-53-57-61-67(72)73-62-58-54-50-46-42-38-35-32-30-28-26-24-22-20-18-19-21-23-25-27-29-31-34-36-40-44-48-52-56-60-66(71)68-64(63-69)65(70)59-55-51-47-43-39-16-14-12-10-8-6-4-2/h17-18,20,24,26,33,64-65,69-70H,3-16,19,21-23,25,27-32,34-63H2,1-2H3,(H,68,71)/b20-18-,26-24-,33-17-. The number of carbonyl (C=O) groups is 2. The zero-order valence-electron chi connectivity index (χ0n) is 49.1. The maximum Gasteiger partial charge on any atom is 0.305 e. The summed E-state index contributed by atoms with van der Waals surface area (Å²) < 4.78 is 5.48. The molecular formula is C67H127NO5. The molecule has 0 aliphatic carbocycles. The van der Waals surface area contributed by atoms with Crippen molar-refractivity contribution in [2.75, 3.05) is 13.2 Å². The first-order valence-electron chi connectivity index (χ1n) is 32.7. The summed E-state index contributed by atoms with van der Waals surface area (Å²) in [5.41, 5.74) is 0. The predicted molar refractivity (Wildman–Crippen MR) is 319 cm³/mol. The smallest absolute Gasteiger partial charge is 0.305 e. The van der Waals surface area contributed by atoms with Gasteiger partial charge < -0.3 is 20.3 Å². The zero-order valence-corrected chi connectivity index (χ0v) is 49.1. The normalized spacial score (nSPS) is 12.8. The molecule has 0 saturated heterocycles. The van der Waals surface area contributed by atoms with Crippen molar-refractivity contribution in [2.45, 2.75) is 366 Å². The maximum absolute atomic E-state index is 12.5. The van der Waals surface area contributed by atoms with Gasteiger partial charge in [0.15, 0.2) is 0 Å². The third-order valence-electron chi connectivity index (χ3n) is 15.2. The van der Waals surface area contributed by atoms with Crippen LogP contribution in [0.3, 0.4) is 0 Å². The first kappa shape index (κ1) is 71.1. The largest absolute Gasteiger partial charge is 0.466 e. The molecule has 0 aliphatic heterocycles. The number of aliphatic hydroxyl groups is 2. The molecule has 430 valence electrons. The molecule has 0 aromatic heterocycles. The molecule has 0 spiro atoms. The van der Waals surface area contributed by atoms with Crippen LogP contribution < -0.4 is 5.32 Å². The van der Waals surface area contributed by atoms with Gasteiger partial charge in [0, 0.05) is 12.8 Å². The van der Waals surface area contributed by atoms with Crippen LogP contribution in [0.25, 0.3) is 0 Å². The molecule has 0 radical (unpaired) electrons. The van der Waals surface area contributed by atoms with Crippen molar-refractivity contribution in [3.63, 3.8) is 0 Å². The van der Waals surface area contributed by atoms with E-state index in [1.807, 2.05) is 0 Å². The van der Waals surface area contributed by atoms with E-state index in [0.717, 1.165) is 51.4 Å². The molecule has 0 saturated carbocycles. The van der Waals surface area contributed by atoms with Crippen molar-refractivity contribution in [1.29, 1.82) is 0 Å². The van der Waals surface area contributed by atoms with E-state index in [4.69, 9.17) is 4.74 Å². The van der Waals surface area contributed by atoms with Crippen LogP contribution in [0.2, 0.25) is 0 Å². The lowest BCUT2D eigenvalue weighted by molar-refractivity contribution is -0.143. The second-order valence-electron chi connectivity index (χ2n) is 22.4. The van der Waals surface area contributed by atoms with Crippen LogP contribution in [-0.4, -0.2) is 47.4 Å². The van der Waals surface area contributed by atoms with Crippen LogP contribution in [0.1, 0.15) is 354 Å². The van der Waals surface area contributed by atoms with Gasteiger partial charge in [0.1, 0.15) is 0 Å². The number of rotatable bonds is 61. The SMILES string of the molecule is CCCCCCCC/C=C\CCCCCCCC(=O)OCCCCCCCCCCC/C=C\C/C=C\CCCCCCCCCCCCCCCC(=O)NC(CO)C(O)CCCCCCCCCCCCCC. The minimum absolute atomic E-state index is 0.00417. The number of carbonyl (C=O) groups excluding carboxylic acids is 2. The summed E-state index contributed by atoms with van der Waals surface area (Å²) >= 11 is 0. The minimum atomic E-state index is -0.664. The van der Waals surface area contributed by atoms with E-state index >= 15 is 0 Å². The molecule has 73 heavy (non-hydrogen) atoms. The van der Waals surface area contributed by atoms with Gasteiger partial charge in [0.2, 0.25) is 5.91 Å². The minimum Gasteiger partial charge on any atom is -0.466 e. The first-order chi connectivity index (χ1) is 36.0. The highest BCUT2D eigenvalue weighted by atomic mass is 16.5. The molecule has 6 nitrogen and oxygen atoms in total. The fraction of sp³-hybridized carbons (Fsp3) is 0.881. The number of hydrogen-bond donors (Lipinski definition) is 3. The van der Waals surface area contributed by atoms with E-state index < -0.39 is 12.1 Å². The molecule has 0 aromatic carbocycles. The Morgan fingerprint density at radius 1 is 0.384 bits per heavy atom. The van der Waals surface area contributed by atoms with Crippen molar-refractivity contribution in [3.8, 4) is 0 Å². The van der Waals surface area contributed by atoms with Gasteiger partial charge in [-0.25, -0.2) is 0 Å². The van der Waals surface area contributed by atoms with Gasteiger partial charge in [0.25, 0.3) is 0 Å². The summed E-state index contributed by atoms with van der Waals surface area (Å²) in [5, 5.41) is 23.2. The summed E-state index contributed by atoms with van der Waals surface area (Å²) in [6.45, 7) is 4.95. The third kappa shape index (κ3) is 59.2.